The van der Waals surface area contributed by atoms with E-state index in [4.69, 9.17) is 5.26 Å². The van der Waals surface area contributed by atoms with Gasteiger partial charge >= 0.3 is 6.18 Å². The Morgan fingerprint density at radius 2 is 2.15 bits per heavy atom. The van der Waals surface area contributed by atoms with E-state index in [2.05, 4.69) is 0 Å². The molecule has 0 aliphatic carbocycles. The fourth-order valence-electron chi connectivity index (χ4n) is 1.99. The monoisotopic (exact) mass is 300 g/mol. The van der Waals surface area contributed by atoms with Gasteiger partial charge in [0.1, 0.15) is 0 Å². The fraction of sp³-hybridized carbons (Fsp3) is 0.385. The van der Waals surface area contributed by atoms with E-state index in [1.807, 2.05) is 0 Å². The van der Waals surface area contributed by atoms with Crippen LogP contribution in [0.3, 0.4) is 0 Å². The number of hydrogen-bond donors (Lipinski definition) is 0. The molecule has 106 valence electrons. The highest BCUT2D eigenvalue weighted by Gasteiger charge is 2.35. The standard InChI is InChI=1S/C13H11F3N2OS/c1-18-5-4-11(12(18)19)20-9-3-2-8(7-17)10(6-9)13(14,15)16/h2-3,6,11H,4-5H2,1H3/t11-/m1/s1. The van der Waals surface area contributed by atoms with Crippen LogP contribution in [0.15, 0.2) is 23.1 Å². The van der Waals surface area contributed by atoms with Gasteiger partial charge in [0.2, 0.25) is 5.91 Å². The molecular weight excluding hydrogens is 289 g/mol. The molecular formula is C13H11F3N2OS. The van der Waals surface area contributed by atoms with Crippen LogP contribution in [0.1, 0.15) is 17.5 Å². The van der Waals surface area contributed by atoms with E-state index in [1.165, 1.54) is 12.1 Å². The molecule has 7 heteroatoms. The van der Waals surface area contributed by atoms with Gasteiger partial charge in [0.05, 0.1) is 22.4 Å². The second-order valence-electron chi connectivity index (χ2n) is 4.47. The van der Waals surface area contributed by atoms with Gasteiger partial charge in [0, 0.05) is 18.5 Å². The van der Waals surface area contributed by atoms with Crippen LogP contribution in [0.25, 0.3) is 0 Å². The number of thioether (sulfide) groups is 1. The highest BCUT2D eigenvalue weighted by atomic mass is 32.2. The van der Waals surface area contributed by atoms with Crippen molar-refractivity contribution in [1.82, 2.24) is 4.90 Å². The lowest BCUT2D eigenvalue weighted by molar-refractivity contribution is -0.138. The van der Waals surface area contributed by atoms with E-state index >= 15 is 0 Å². The summed E-state index contributed by atoms with van der Waals surface area (Å²) < 4.78 is 38.5. The number of rotatable bonds is 2. The molecule has 3 nitrogen and oxygen atoms in total. The van der Waals surface area contributed by atoms with Gasteiger partial charge in [-0.2, -0.15) is 18.4 Å². The summed E-state index contributed by atoms with van der Waals surface area (Å²) in [4.78, 5) is 13.7. The van der Waals surface area contributed by atoms with Gasteiger partial charge < -0.3 is 4.90 Å². The van der Waals surface area contributed by atoms with Gasteiger partial charge in [-0.1, -0.05) is 0 Å². The van der Waals surface area contributed by atoms with Crippen LogP contribution in [0.2, 0.25) is 0 Å². The van der Waals surface area contributed by atoms with Crippen molar-refractivity contribution in [2.75, 3.05) is 13.6 Å². The average Bonchev–Trinajstić information content (AvgIpc) is 2.70. The summed E-state index contributed by atoms with van der Waals surface area (Å²) in [6.07, 6.45) is -3.96. The van der Waals surface area contributed by atoms with Crippen LogP contribution < -0.4 is 0 Å². The highest BCUT2D eigenvalue weighted by molar-refractivity contribution is 8.00. The highest BCUT2D eigenvalue weighted by Crippen LogP contribution is 2.37. The van der Waals surface area contributed by atoms with Crippen molar-refractivity contribution in [2.45, 2.75) is 22.7 Å². The summed E-state index contributed by atoms with van der Waals surface area (Å²) in [5, 5.41) is 8.36. The number of halogens is 3. The first-order chi connectivity index (χ1) is 9.32. The summed E-state index contributed by atoms with van der Waals surface area (Å²) in [5.74, 6) is -0.0760. The molecule has 1 fully saturated rings. The first-order valence-corrected chi connectivity index (χ1v) is 6.74. The van der Waals surface area contributed by atoms with Crippen molar-refractivity contribution < 1.29 is 18.0 Å². The lowest BCUT2D eigenvalue weighted by Gasteiger charge is -2.13. The Bertz CT molecular complexity index is 580. The first kappa shape index (κ1) is 14.7. The minimum Gasteiger partial charge on any atom is -0.345 e. The lowest BCUT2D eigenvalue weighted by Crippen LogP contribution is -2.23. The van der Waals surface area contributed by atoms with Gasteiger partial charge in [0.15, 0.2) is 0 Å². The largest absolute Gasteiger partial charge is 0.417 e. The predicted octanol–water partition coefficient (Wildman–Crippen LogP) is 2.90. The number of likely N-dealkylation sites (tertiary alicyclic amines) is 1. The van der Waals surface area contributed by atoms with Crippen molar-refractivity contribution in [2.24, 2.45) is 0 Å². The van der Waals surface area contributed by atoms with Gasteiger partial charge in [-0.15, -0.1) is 11.8 Å². The maximum atomic E-state index is 12.8. The van der Waals surface area contributed by atoms with Gasteiger partial charge in [-0.25, -0.2) is 0 Å². The maximum Gasteiger partial charge on any atom is 0.417 e. The van der Waals surface area contributed by atoms with E-state index in [1.54, 1.807) is 11.9 Å². The summed E-state index contributed by atoms with van der Waals surface area (Å²) in [5.41, 5.74) is -1.36. The maximum absolute atomic E-state index is 12.8. The van der Waals surface area contributed by atoms with E-state index in [-0.39, 0.29) is 11.2 Å². The minimum atomic E-state index is -4.57. The topological polar surface area (TPSA) is 44.1 Å². The molecule has 2 rings (SSSR count). The van der Waals surface area contributed by atoms with Crippen LogP contribution in [0.4, 0.5) is 13.2 Å². The molecule has 1 aliphatic heterocycles. The van der Waals surface area contributed by atoms with Crippen LogP contribution in [-0.2, 0) is 11.0 Å². The average molecular weight is 300 g/mol. The van der Waals surface area contributed by atoms with E-state index in [0.29, 0.717) is 17.9 Å². The molecule has 1 saturated heterocycles. The second kappa shape index (κ2) is 5.37. The van der Waals surface area contributed by atoms with Crippen molar-refractivity contribution >= 4 is 17.7 Å². The lowest BCUT2D eigenvalue weighted by atomic mass is 10.1. The molecule has 1 aromatic carbocycles. The van der Waals surface area contributed by atoms with Gasteiger partial charge in [0.25, 0.3) is 0 Å². The van der Waals surface area contributed by atoms with E-state index < -0.39 is 17.3 Å². The Labute approximate surface area is 118 Å². The second-order valence-corrected chi connectivity index (χ2v) is 5.75. The molecule has 1 atom stereocenters. The molecule has 0 saturated carbocycles. The van der Waals surface area contributed by atoms with Gasteiger partial charge in [-0.3, -0.25) is 4.79 Å². The number of alkyl halides is 3. The van der Waals surface area contributed by atoms with Crippen molar-refractivity contribution in [3.8, 4) is 6.07 Å². The quantitative estimate of drug-likeness (QED) is 0.843. The summed E-state index contributed by atoms with van der Waals surface area (Å²) in [6, 6.07) is 5.07. The zero-order valence-electron chi connectivity index (χ0n) is 10.6. The molecule has 1 aliphatic rings. The zero-order valence-corrected chi connectivity index (χ0v) is 11.4. The molecule has 1 aromatic rings. The number of carbonyl (C=O) groups excluding carboxylic acids is 1. The van der Waals surface area contributed by atoms with Crippen LogP contribution >= 0.6 is 11.8 Å². The normalized spacial score (nSPS) is 19.2. The third kappa shape index (κ3) is 2.90. The molecule has 0 aromatic heterocycles. The third-order valence-corrected chi connectivity index (χ3v) is 4.32. The zero-order chi connectivity index (χ0) is 14.9. The van der Waals surface area contributed by atoms with E-state index in [9.17, 15) is 18.0 Å². The Balaban J connectivity index is 2.27. The number of nitrogens with zero attached hydrogens (tertiary/aromatic N) is 2. The van der Waals surface area contributed by atoms with Crippen LogP contribution in [-0.4, -0.2) is 29.6 Å². The predicted molar refractivity (Wildman–Crippen MR) is 68.1 cm³/mol. The first-order valence-electron chi connectivity index (χ1n) is 5.86. The summed E-state index contributed by atoms with van der Waals surface area (Å²) >= 11 is 1.11. The summed E-state index contributed by atoms with van der Waals surface area (Å²) in [7, 11) is 1.67. The molecule has 1 amide bonds. The minimum absolute atomic E-state index is 0.0760. The molecule has 0 radical (unpaired) electrons. The number of hydrogen-bond acceptors (Lipinski definition) is 3. The Kier molecular flexibility index (Phi) is 3.95. The Hall–Kier alpha value is -1.68. The fourth-order valence-corrected chi connectivity index (χ4v) is 3.16. The Morgan fingerprint density at radius 3 is 2.65 bits per heavy atom. The SMILES string of the molecule is CN1CC[C@@H](Sc2ccc(C#N)c(C(F)(F)F)c2)C1=O. The van der Waals surface area contributed by atoms with Crippen LogP contribution in [0.5, 0.6) is 0 Å². The number of carbonyl (C=O) groups is 1. The molecule has 1 heterocycles. The summed E-state index contributed by atoms with van der Waals surface area (Å²) in [6.45, 7) is 0.610. The molecule has 0 N–H and O–H groups in total. The molecule has 0 spiro atoms. The van der Waals surface area contributed by atoms with Crippen molar-refractivity contribution in [1.29, 1.82) is 5.26 Å². The van der Waals surface area contributed by atoms with Gasteiger partial charge in [-0.05, 0) is 24.6 Å². The van der Waals surface area contributed by atoms with Crippen LogP contribution in [0, 0.1) is 11.3 Å². The van der Waals surface area contributed by atoms with Crippen molar-refractivity contribution in [3.63, 3.8) is 0 Å². The molecule has 20 heavy (non-hydrogen) atoms. The number of benzene rings is 1. The Morgan fingerprint density at radius 1 is 1.45 bits per heavy atom. The third-order valence-electron chi connectivity index (χ3n) is 3.07. The molecule has 0 unspecified atom stereocenters. The van der Waals surface area contributed by atoms with E-state index in [0.717, 1.165) is 23.9 Å². The number of nitriles is 1. The molecule has 0 bridgehead atoms. The smallest absolute Gasteiger partial charge is 0.345 e. The number of amides is 1. The van der Waals surface area contributed by atoms with Crippen molar-refractivity contribution in [3.05, 3.63) is 29.3 Å².